The largest absolute Gasteiger partial charge is 0.489 e. The number of fused-ring (bicyclic) bond motifs is 1. The lowest BCUT2D eigenvalue weighted by Gasteiger charge is -2.08. The summed E-state index contributed by atoms with van der Waals surface area (Å²) in [6.07, 6.45) is 1.98. The molecule has 0 fully saturated rings. The first-order valence-electron chi connectivity index (χ1n) is 10.3. The van der Waals surface area contributed by atoms with Gasteiger partial charge >= 0.3 is 0 Å². The number of nitrogens with one attached hydrogen (secondary N) is 1. The number of aromatic nitrogens is 2. The highest BCUT2D eigenvalue weighted by Gasteiger charge is 2.18. The molecule has 0 aliphatic carbocycles. The molecular weight excluding hydrogens is 418 g/mol. The Hall–Kier alpha value is -3.90. The Bertz CT molecular complexity index is 1360. The zero-order chi connectivity index (χ0) is 21.9. The van der Waals surface area contributed by atoms with E-state index in [2.05, 4.69) is 5.32 Å². The lowest BCUT2D eigenvalue weighted by molar-refractivity contribution is 0.102. The van der Waals surface area contributed by atoms with E-state index in [4.69, 9.17) is 9.72 Å². The average molecular weight is 440 g/mol. The number of anilines is 1. The van der Waals surface area contributed by atoms with Crippen LogP contribution in [0.3, 0.4) is 0 Å². The van der Waals surface area contributed by atoms with Gasteiger partial charge in [-0.05, 0) is 36.8 Å². The predicted molar refractivity (Wildman–Crippen MR) is 128 cm³/mol. The smallest absolute Gasteiger partial charge is 0.267 e. The minimum absolute atomic E-state index is 0.141. The highest BCUT2D eigenvalue weighted by molar-refractivity contribution is 7.19. The lowest BCUT2D eigenvalue weighted by atomic mass is 10.2. The standard InChI is InChI=1S/C26H21N3O2S/c1-18-24(32-26-28-23(16-29(18)26)20-10-6-3-7-11-20)25(30)27-21-12-14-22(15-13-21)31-17-19-8-4-2-5-9-19/h2-16H,17H2,1H3,(H,27,30). The van der Waals surface area contributed by atoms with Crippen LogP contribution in [0.5, 0.6) is 5.75 Å². The molecule has 32 heavy (non-hydrogen) atoms. The van der Waals surface area contributed by atoms with Gasteiger partial charge in [-0.3, -0.25) is 9.20 Å². The van der Waals surface area contributed by atoms with Crippen LogP contribution in [0.1, 0.15) is 20.9 Å². The number of nitrogens with zero attached hydrogens (tertiary/aromatic N) is 2. The van der Waals surface area contributed by atoms with E-state index in [1.165, 1.54) is 11.3 Å². The molecule has 0 saturated carbocycles. The summed E-state index contributed by atoms with van der Waals surface area (Å²) in [5.74, 6) is 0.614. The Morgan fingerprint density at radius 3 is 2.34 bits per heavy atom. The van der Waals surface area contributed by atoms with Crippen LogP contribution < -0.4 is 10.1 Å². The summed E-state index contributed by atoms with van der Waals surface area (Å²) in [7, 11) is 0. The van der Waals surface area contributed by atoms with Crippen molar-refractivity contribution in [2.24, 2.45) is 0 Å². The minimum atomic E-state index is -0.141. The van der Waals surface area contributed by atoms with E-state index in [0.29, 0.717) is 11.5 Å². The SMILES string of the molecule is Cc1c(C(=O)Nc2ccc(OCc3ccccc3)cc2)sc2nc(-c3ccccc3)cn12. The van der Waals surface area contributed by atoms with Crippen molar-refractivity contribution in [1.82, 2.24) is 9.38 Å². The Balaban J connectivity index is 1.27. The molecule has 0 spiro atoms. The highest BCUT2D eigenvalue weighted by atomic mass is 32.1. The molecule has 0 aliphatic heterocycles. The van der Waals surface area contributed by atoms with Crippen LogP contribution in [-0.4, -0.2) is 15.3 Å². The number of amides is 1. The third kappa shape index (κ3) is 4.13. The average Bonchev–Trinajstić information content (AvgIpc) is 3.39. The van der Waals surface area contributed by atoms with Gasteiger partial charge in [0.15, 0.2) is 4.96 Å². The molecule has 1 N–H and O–H groups in total. The number of carbonyl (C=O) groups is 1. The summed E-state index contributed by atoms with van der Waals surface area (Å²) in [6.45, 7) is 2.45. The Labute approximate surface area is 190 Å². The molecule has 158 valence electrons. The topological polar surface area (TPSA) is 55.6 Å². The second-order valence-electron chi connectivity index (χ2n) is 7.41. The molecule has 1 amide bonds. The molecule has 0 atom stereocenters. The summed E-state index contributed by atoms with van der Waals surface area (Å²) < 4.78 is 7.79. The van der Waals surface area contributed by atoms with Crippen LogP contribution in [0.4, 0.5) is 5.69 Å². The number of aryl methyl sites for hydroxylation is 1. The number of hydrogen-bond acceptors (Lipinski definition) is 4. The monoisotopic (exact) mass is 439 g/mol. The molecule has 5 rings (SSSR count). The van der Waals surface area contributed by atoms with Gasteiger partial charge < -0.3 is 10.1 Å². The molecule has 3 aromatic carbocycles. The second-order valence-corrected chi connectivity index (χ2v) is 8.39. The highest BCUT2D eigenvalue weighted by Crippen LogP contribution is 2.28. The molecule has 0 unspecified atom stereocenters. The first kappa shape index (κ1) is 20.0. The molecule has 0 bridgehead atoms. The van der Waals surface area contributed by atoms with Crippen molar-refractivity contribution in [3.05, 3.63) is 107 Å². The molecule has 0 saturated heterocycles. The van der Waals surface area contributed by atoms with E-state index in [0.717, 1.165) is 38.9 Å². The summed E-state index contributed by atoms with van der Waals surface area (Å²) in [4.78, 5) is 19.0. The normalized spacial score (nSPS) is 10.9. The zero-order valence-electron chi connectivity index (χ0n) is 17.5. The van der Waals surface area contributed by atoms with Crippen molar-refractivity contribution in [2.75, 3.05) is 5.32 Å². The van der Waals surface area contributed by atoms with Gasteiger partial charge in [0, 0.05) is 23.1 Å². The Kier molecular flexibility index (Phi) is 5.44. The van der Waals surface area contributed by atoms with Crippen LogP contribution >= 0.6 is 11.3 Å². The van der Waals surface area contributed by atoms with Crippen LogP contribution in [0.15, 0.2) is 91.1 Å². The van der Waals surface area contributed by atoms with E-state index in [-0.39, 0.29) is 5.91 Å². The minimum Gasteiger partial charge on any atom is -0.489 e. The van der Waals surface area contributed by atoms with Crippen molar-refractivity contribution in [1.29, 1.82) is 0 Å². The van der Waals surface area contributed by atoms with E-state index in [9.17, 15) is 4.79 Å². The van der Waals surface area contributed by atoms with E-state index in [1.54, 1.807) is 0 Å². The van der Waals surface area contributed by atoms with Crippen molar-refractivity contribution in [2.45, 2.75) is 13.5 Å². The fourth-order valence-electron chi connectivity index (χ4n) is 3.47. The first-order valence-corrected chi connectivity index (χ1v) is 11.1. The predicted octanol–water partition coefficient (Wildman–Crippen LogP) is 6.20. The molecule has 5 nitrogen and oxygen atoms in total. The summed E-state index contributed by atoms with van der Waals surface area (Å²) in [5, 5.41) is 2.97. The summed E-state index contributed by atoms with van der Waals surface area (Å²) in [5.41, 5.74) is 4.66. The van der Waals surface area contributed by atoms with Gasteiger partial charge in [-0.1, -0.05) is 72.0 Å². The number of hydrogen-bond donors (Lipinski definition) is 1. The van der Waals surface area contributed by atoms with Gasteiger partial charge in [0.1, 0.15) is 17.2 Å². The van der Waals surface area contributed by atoms with Gasteiger partial charge in [0.2, 0.25) is 0 Å². The maximum atomic E-state index is 12.9. The first-order chi connectivity index (χ1) is 15.7. The quantitative estimate of drug-likeness (QED) is 0.343. The number of thiazole rings is 1. The van der Waals surface area contributed by atoms with Gasteiger partial charge in [-0.25, -0.2) is 4.98 Å². The number of carbonyl (C=O) groups excluding carboxylic acids is 1. The third-order valence-electron chi connectivity index (χ3n) is 5.19. The number of rotatable bonds is 6. The molecule has 6 heteroatoms. The Morgan fingerprint density at radius 1 is 0.969 bits per heavy atom. The number of ether oxygens (including phenoxy) is 1. The molecule has 0 aliphatic rings. The molecule has 5 aromatic rings. The van der Waals surface area contributed by atoms with Crippen LogP contribution in [0, 0.1) is 6.92 Å². The van der Waals surface area contributed by atoms with Crippen LogP contribution in [0.2, 0.25) is 0 Å². The number of imidazole rings is 1. The van der Waals surface area contributed by atoms with E-state index in [1.807, 2.05) is 102 Å². The van der Waals surface area contributed by atoms with Gasteiger partial charge in [0.25, 0.3) is 5.91 Å². The maximum absolute atomic E-state index is 12.9. The molecule has 2 aromatic heterocycles. The Morgan fingerprint density at radius 2 is 1.66 bits per heavy atom. The van der Waals surface area contributed by atoms with Gasteiger partial charge in [0.05, 0.1) is 5.69 Å². The zero-order valence-corrected chi connectivity index (χ0v) is 18.3. The summed E-state index contributed by atoms with van der Waals surface area (Å²) >= 11 is 1.39. The maximum Gasteiger partial charge on any atom is 0.267 e. The third-order valence-corrected chi connectivity index (χ3v) is 6.35. The van der Waals surface area contributed by atoms with Crippen LogP contribution in [-0.2, 0) is 6.61 Å². The lowest BCUT2D eigenvalue weighted by Crippen LogP contribution is -2.11. The summed E-state index contributed by atoms with van der Waals surface area (Å²) in [6, 6.07) is 27.5. The fourth-order valence-corrected chi connectivity index (χ4v) is 4.48. The van der Waals surface area contributed by atoms with Crippen molar-refractivity contribution >= 4 is 27.9 Å². The van der Waals surface area contributed by atoms with Crippen LogP contribution in [0.25, 0.3) is 16.2 Å². The number of benzene rings is 3. The molecule has 2 heterocycles. The fraction of sp³-hybridized carbons (Fsp3) is 0.0769. The van der Waals surface area contributed by atoms with E-state index < -0.39 is 0 Å². The van der Waals surface area contributed by atoms with Crippen molar-refractivity contribution < 1.29 is 9.53 Å². The van der Waals surface area contributed by atoms with Gasteiger partial charge in [-0.15, -0.1) is 0 Å². The molecular formula is C26H21N3O2S. The van der Waals surface area contributed by atoms with Gasteiger partial charge in [-0.2, -0.15) is 0 Å². The molecule has 0 radical (unpaired) electrons. The second kappa shape index (κ2) is 8.69. The van der Waals surface area contributed by atoms with Crippen molar-refractivity contribution in [3.63, 3.8) is 0 Å². The van der Waals surface area contributed by atoms with E-state index >= 15 is 0 Å². The van der Waals surface area contributed by atoms with Crippen molar-refractivity contribution in [3.8, 4) is 17.0 Å².